The lowest BCUT2D eigenvalue weighted by atomic mass is 10.1. The molecule has 0 bridgehead atoms. The maximum atomic E-state index is 5.48. The van der Waals surface area contributed by atoms with Crippen LogP contribution in [0.25, 0.3) is 0 Å². The molecule has 2 aliphatic rings. The number of benzene rings is 1. The van der Waals surface area contributed by atoms with Crippen molar-refractivity contribution in [1.29, 1.82) is 0 Å². The fraction of sp³-hybridized carbons (Fsp3) is 0.526. The van der Waals surface area contributed by atoms with Gasteiger partial charge in [0.15, 0.2) is 11.5 Å². The molecule has 0 atom stereocenters. The van der Waals surface area contributed by atoms with Crippen molar-refractivity contribution in [3.63, 3.8) is 0 Å². The standard InChI is InChI=1S/C19H26N4O3/c1-24-17-9-15(10-18-19(17)26-14-25-18)11-20-16-12-21-23(13-16)8-7-22-5-3-2-4-6-22/h9-10,12-13,20H,2-8,11,14H2,1H3. The van der Waals surface area contributed by atoms with Gasteiger partial charge in [0.1, 0.15) is 0 Å². The number of likely N-dealkylation sites (tertiary alicyclic amines) is 1. The van der Waals surface area contributed by atoms with Gasteiger partial charge in [-0.05, 0) is 43.6 Å². The largest absolute Gasteiger partial charge is 0.493 e. The van der Waals surface area contributed by atoms with E-state index in [0.717, 1.165) is 30.1 Å². The van der Waals surface area contributed by atoms with Crippen molar-refractivity contribution >= 4 is 5.69 Å². The fourth-order valence-corrected chi connectivity index (χ4v) is 3.49. The molecule has 0 radical (unpaired) electrons. The maximum absolute atomic E-state index is 5.48. The van der Waals surface area contributed by atoms with E-state index in [1.54, 1.807) is 7.11 Å². The molecule has 0 amide bonds. The summed E-state index contributed by atoms with van der Waals surface area (Å²) >= 11 is 0. The van der Waals surface area contributed by atoms with E-state index < -0.39 is 0 Å². The number of piperidine rings is 1. The molecule has 4 rings (SSSR count). The highest BCUT2D eigenvalue weighted by molar-refractivity contribution is 5.55. The average molecular weight is 358 g/mol. The molecule has 1 fully saturated rings. The summed E-state index contributed by atoms with van der Waals surface area (Å²) in [5, 5.41) is 7.88. The average Bonchev–Trinajstić information content (AvgIpc) is 3.34. The molecule has 0 saturated carbocycles. The topological polar surface area (TPSA) is 60.8 Å². The first-order valence-corrected chi connectivity index (χ1v) is 9.27. The second-order valence-corrected chi connectivity index (χ2v) is 6.78. The third kappa shape index (κ3) is 3.88. The highest BCUT2D eigenvalue weighted by Gasteiger charge is 2.20. The van der Waals surface area contributed by atoms with Gasteiger partial charge in [-0.1, -0.05) is 6.42 Å². The van der Waals surface area contributed by atoms with Gasteiger partial charge in [-0.25, -0.2) is 0 Å². The van der Waals surface area contributed by atoms with Crippen molar-refractivity contribution in [2.75, 3.05) is 38.9 Å². The lowest BCUT2D eigenvalue weighted by Crippen LogP contribution is -2.32. The highest BCUT2D eigenvalue weighted by atomic mass is 16.7. The first-order valence-electron chi connectivity index (χ1n) is 9.27. The molecule has 140 valence electrons. The molecule has 0 aliphatic carbocycles. The van der Waals surface area contributed by atoms with Gasteiger partial charge in [0.25, 0.3) is 0 Å². The van der Waals surface area contributed by atoms with E-state index in [9.17, 15) is 0 Å². The first kappa shape index (κ1) is 17.0. The lowest BCUT2D eigenvalue weighted by molar-refractivity contribution is 0.171. The second-order valence-electron chi connectivity index (χ2n) is 6.78. The van der Waals surface area contributed by atoms with Crippen molar-refractivity contribution in [3.8, 4) is 17.2 Å². The monoisotopic (exact) mass is 358 g/mol. The Morgan fingerprint density at radius 2 is 2.04 bits per heavy atom. The Morgan fingerprint density at radius 1 is 1.15 bits per heavy atom. The number of nitrogens with zero attached hydrogens (tertiary/aromatic N) is 3. The molecule has 1 N–H and O–H groups in total. The summed E-state index contributed by atoms with van der Waals surface area (Å²) < 4.78 is 18.3. The van der Waals surface area contributed by atoms with Gasteiger partial charge in [0, 0.05) is 19.3 Å². The smallest absolute Gasteiger partial charge is 0.231 e. The Hall–Kier alpha value is -2.41. The van der Waals surface area contributed by atoms with E-state index in [1.165, 1.54) is 32.4 Å². The third-order valence-electron chi connectivity index (χ3n) is 4.94. The zero-order valence-corrected chi connectivity index (χ0v) is 15.2. The molecule has 3 heterocycles. The van der Waals surface area contributed by atoms with Gasteiger partial charge >= 0.3 is 0 Å². The number of ether oxygens (including phenoxy) is 3. The number of methoxy groups -OCH3 is 1. The number of rotatable bonds is 7. The maximum Gasteiger partial charge on any atom is 0.231 e. The zero-order chi connectivity index (χ0) is 17.8. The van der Waals surface area contributed by atoms with Crippen LogP contribution in [0.5, 0.6) is 17.2 Å². The van der Waals surface area contributed by atoms with Gasteiger partial charge < -0.3 is 24.4 Å². The summed E-state index contributed by atoms with van der Waals surface area (Å²) in [7, 11) is 1.64. The molecule has 0 unspecified atom stereocenters. The van der Waals surface area contributed by atoms with E-state index in [0.29, 0.717) is 18.0 Å². The van der Waals surface area contributed by atoms with Crippen molar-refractivity contribution in [2.45, 2.75) is 32.4 Å². The summed E-state index contributed by atoms with van der Waals surface area (Å²) in [5.41, 5.74) is 2.09. The zero-order valence-electron chi connectivity index (χ0n) is 15.2. The van der Waals surface area contributed by atoms with Gasteiger partial charge in [0.2, 0.25) is 12.5 Å². The van der Waals surface area contributed by atoms with Gasteiger partial charge in [0.05, 0.1) is 25.5 Å². The summed E-state index contributed by atoms with van der Waals surface area (Å²) in [6, 6.07) is 3.96. The third-order valence-corrected chi connectivity index (χ3v) is 4.94. The number of hydrogen-bond donors (Lipinski definition) is 1. The van der Waals surface area contributed by atoms with Gasteiger partial charge in [-0.15, -0.1) is 0 Å². The minimum atomic E-state index is 0.242. The summed E-state index contributed by atoms with van der Waals surface area (Å²) in [6.45, 7) is 5.35. The fourth-order valence-electron chi connectivity index (χ4n) is 3.49. The SMILES string of the molecule is COc1cc(CNc2cnn(CCN3CCCCC3)c2)cc2c1OCO2. The van der Waals surface area contributed by atoms with Crippen LogP contribution in [0.3, 0.4) is 0 Å². The Balaban J connectivity index is 1.32. The minimum absolute atomic E-state index is 0.242. The first-order chi connectivity index (χ1) is 12.8. The molecular weight excluding hydrogens is 332 g/mol. The Morgan fingerprint density at radius 3 is 2.88 bits per heavy atom. The number of hydrogen-bond acceptors (Lipinski definition) is 6. The van der Waals surface area contributed by atoms with Crippen LogP contribution >= 0.6 is 0 Å². The predicted molar refractivity (Wildman–Crippen MR) is 99.0 cm³/mol. The molecule has 1 saturated heterocycles. The van der Waals surface area contributed by atoms with Crippen molar-refractivity contribution < 1.29 is 14.2 Å². The van der Waals surface area contributed by atoms with E-state index in [1.807, 2.05) is 23.0 Å². The molecule has 2 aliphatic heterocycles. The van der Waals surface area contributed by atoms with Crippen molar-refractivity contribution in [2.24, 2.45) is 0 Å². The molecule has 7 heteroatoms. The van der Waals surface area contributed by atoms with E-state index in [4.69, 9.17) is 14.2 Å². The van der Waals surface area contributed by atoms with Crippen LogP contribution in [0.15, 0.2) is 24.5 Å². The summed E-state index contributed by atoms with van der Waals surface area (Å²) in [6.07, 6.45) is 7.96. The minimum Gasteiger partial charge on any atom is -0.493 e. The molecule has 0 spiro atoms. The van der Waals surface area contributed by atoms with Crippen LogP contribution in [0, 0.1) is 0 Å². The van der Waals surface area contributed by atoms with E-state index in [-0.39, 0.29) is 6.79 Å². The quantitative estimate of drug-likeness (QED) is 0.821. The van der Waals surface area contributed by atoms with Crippen LogP contribution in [-0.4, -0.2) is 48.2 Å². The normalized spacial score (nSPS) is 16.7. The van der Waals surface area contributed by atoms with Crippen LogP contribution in [0.1, 0.15) is 24.8 Å². The summed E-state index contributed by atoms with van der Waals surface area (Å²) in [5.74, 6) is 2.12. The second kappa shape index (κ2) is 7.86. The number of aromatic nitrogens is 2. The predicted octanol–water partition coefficient (Wildman–Crippen LogP) is 2.72. The molecule has 2 aromatic rings. The van der Waals surface area contributed by atoms with E-state index in [2.05, 4.69) is 21.5 Å². The molecule has 7 nitrogen and oxygen atoms in total. The van der Waals surface area contributed by atoms with Crippen molar-refractivity contribution in [1.82, 2.24) is 14.7 Å². The number of nitrogens with one attached hydrogen (secondary N) is 1. The van der Waals surface area contributed by atoms with Gasteiger partial charge in [-0.2, -0.15) is 5.10 Å². The van der Waals surface area contributed by atoms with Gasteiger partial charge in [-0.3, -0.25) is 4.68 Å². The highest BCUT2D eigenvalue weighted by Crippen LogP contribution is 2.41. The summed E-state index contributed by atoms with van der Waals surface area (Å²) in [4.78, 5) is 2.52. The Kier molecular flexibility index (Phi) is 5.15. The Labute approximate surface area is 153 Å². The van der Waals surface area contributed by atoms with Crippen LogP contribution in [-0.2, 0) is 13.1 Å². The van der Waals surface area contributed by atoms with Crippen LogP contribution < -0.4 is 19.5 Å². The van der Waals surface area contributed by atoms with Crippen molar-refractivity contribution in [3.05, 3.63) is 30.1 Å². The number of anilines is 1. The number of fused-ring (bicyclic) bond motifs is 1. The molecule has 1 aromatic carbocycles. The molecule has 1 aromatic heterocycles. The lowest BCUT2D eigenvalue weighted by Gasteiger charge is -2.26. The molecular formula is C19H26N4O3. The van der Waals surface area contributed by atoms with Crippen LogP contribution in [0.4, 0.5) is 5.69 Å². The Bertz CT molecular complexity index is 740. The molecule has 26 heavy (non-hydrogen) atoms. The van der Waals surface area contributed by atoms with E-state index >= 15 is 0 Å². The van der Waals surface area contributed by atoms with Crippen LogP contribution in [0.2, 0.25) is 0 Å².